The number of piperazine rings is 1. The molecule has 2 atom stereocenters. The third-order valence-electron chi connectivity index (χ3n) is 5.18. The number of rotatable bonds is 6. The van der Waals surface area contributed by atoms with Crippen molar-refractivity contribution in [3.8, 4) is 10.6 Å². The number of nitrogens with zero attached hydrogens (tertiary/aromatic N) is 3. The topological polar surface area (TPSA) is 100 Å². The van der Waals surface area contributed by atoms with Crippen LogP contribution in [-0.4, -0.2) is 50.1 Å². The quantitative estimate of drug-likeness (QED) is 0.632. The summed E-state index contributed by atoms with van der Waals surface area (Å²) in [6.07, 6.45) is 3.61. The van der Waals surface area contributed by atoms with Crippen molar-refractivity contribution in [2.75, 3.05) is 24.5 Å². The van der Waals surface area contributed by atoms with E-state index < -0.39 is 10.0 Å². The van der Waals surface area contributed by atoms with Gasteiger partial charge in [-0.15, -0.1) is 11.3 Å². The van der Waals surface area contributed by atoms with Gasteiger partial charge >= 0.3 is 0 Å². The van der Waals surface area contributed by atoms with Crippen LogP contribution in [0.3, 0.4) is 0 Å². The predicted octanol–water partition coefficient (Wildman–Crippen LogP) is 2.19. The molecule has 3 aliphatic heterocycles. The van der Waals surface area contributed by atoms with E-state index in [4.69, 9.17) is 4.42 Å². The highest BCUT2D eigenvalue weighted by atomic mass is 32.2. The number of fused-ring (bicyclic) bond motifs is 3. The number of aromatic nitrogens is 2. The summed E-state index contributed by atoms with van der Waals surface area (Å²) in [7, 11) is -3.67. The maximum Gasteiger partial charge on any atom is 0.298 e. The molecule has 8 nitrogen and oxygen atoms in total. The largest absolute Gasteiger partial charge is 0.423 e. The van der Waals surface area contributed by atoms with Gasteiger partial charge < -0.3 is 14.6 Å². The van der Waals surface area contributed by atoms with Crippen LogP contribution in [0.4, 0.5) is 6.01 Å². The summed E-state index contributed by atoms with van der Waals surface area (Å²) < 4.78 is 34.4. The van der Waals surface area contributed by atoms with Crippen molar-refractivity contribution in [2.24, 2.45) is 0 Å². The lowest BCUT2D eigenvalue weighted by atomic mass is 9.92. The second kappa shape index (κ2) is 6.80. The van der Waals surface area contributed by atoms with Crippen molar-refractivity contribution in [3.05, 3.63) is 23.7 Å². The average molecular weight is 420 g/mol. The van der Waals surface area contributed by atoms with Crippen LogP contribution in [0.5, 0.6) is 0 Å². The first kappa shape index (κ1) is 18.0. The Kier molecular flexibility index (Phi) is 4.38. The Morgan fingerprint density at radius 3 is 2.82 bits per heavy atom. The van der Waals surface area contributed by atoms with E-state index in [0.29, 0.717) is 42.2 Å². The number of piperidine rings is 1. The minimum absolute atomic E-state index is 0.145. The number of thiazole rings is 1. The van der Waals surface area contributed by atoms with Gasteiger partial charge in [-0.25, -0.2) is 18.1 Å². The van der Waals surface area contributed by atoms with Gasteiger partial charge in [0, 0.05) is 43.3 Å². The zero-order chi connectivity index (χ0) is 19.3. The van der Waals surface area contributed by atoms with Gasteiger partial charge in [0.1, 0.15) is 15.4 Å². The van der Waals surface area contributed by atoms with E-state index in [0.717, 1.165) is 23.7 Å². The van der Waals surface area contributed by atoms with Crippen molar-refractivity contribution < 1.29 is 12.8 Å². The fraction of sp³-hybridized carbons (Fsp3) is 0.444. The van der Waals surface area contributed by atoms with Crippen molar-refractivity contribution in [1.29, 1.82) is 0 Å². The number of benzene rings is 1. The normalized spacial score (nSPS) is 21.8. The fourth-order valence-corrected chi connectivity index (χ4v) is 5.76. The second-order valence-corrected chi connectivity index (χ2v) is 9.85. The average Bonchev–Trinajstić information content (AvgIpc) is 3.35. The Balaban J connectivity index is 1.64. The molecule has 6 rings (SSSR count). The van der Waals surface area contributed by atoms with Gasteiger partial charge in [0.05, 0.1) is 5.56 Å². The number of hydrogen-bond acceptors (Lipinski definition) is 8. The maximum atomic E-state index is 12.8. The van der Waals surface area contributed by atoms with E-state index in [1.54, 1.807) is 18.3 Å². The SMILES string of the molecule is CCCNS(=O)(=O)c1ccc(-c2nccs2)c2oc(N3CC4CC(C3)N4)nc12. The molecule has 3 aliphatic rings. The molecule has 2 N–H and O–H groups in total. The van der Waals surface area contributed by atoms with Crippen LogP contribution in [0.1, 0.15) is 19.8 Å². The van der Waals surface area contributed by atoms with Crippen molar-refractivity contribution >= 4 is 38.5 Å². The molecule has 3 aromatic rings. The molecule has 0 saturated carbocycles. The van der Waals surface area contributed by atoms with E-state index in [-0.39, 0.29) is 4.90 Å². The summed E-state index contributed by atoms with van der Waals surface area (Å²) in [5.74, 6) is 0. The molecule has 0 aliphatic carbocycles. The van der Waals surface area contributed by atoms with Crippen LogP contribution in [-0.2, 0) is 10.0 Å². The van der Waals surface area contributed by atoms with Gasteiger partial charge in [0.2, 0.25) is 10.0 Å². The number of nitrogens with one attached hydrogen (secondary N) is 2. The Bertz CT molecular complexity index is 1090. The standard InChI is InChI=1S/C18H21N5O3S2/c1-2-5-20-28(24,25)14-4-3-13(17-19-6-7-27-17)16-15(14)22-18(26-16)23-9-11-8-12(10-23)21-11/h3-4,6-7,11-12,20-21H,2,5,8-10H2,1H3. The highest BCUT2D eigenvalue weighted by Crippen LogP contribution is 2.37. The van der Waals surface area contributed by atoms with E-state index in [1.807, 2.05) is 12.3 Å². The molecule has 10 heteroatoms. The summed E-state index contributed by atoms with van der Waals surface area (Å²) >= 11 is 1.48. The van der Waals surface area contributed by atoms with Crippen LogP contribution in [0.2, 0.25) is 0 Å². The Hall–Kier alpha value is -2.01. The van der Waals surface area contributed by atoms with Crippen LogP contribution in [0.15, 0.2) is 33.0 Å². The Labute approximate surface area is 167 Å². The fourth-order valence-electron chi connectivity index (χ4n) is 3.83. The lowest BCUT2D eigenvalue weighted by Gasteiger charge is -2.47. The van der Waals surface area contributed by atoms with Gasteiger partial charge in [-0.3, -0.25) is 0 Å². The molecule has 3 saturated heterocycles. The van der Waals surface area contributed by atoms with Gasteiger partial charge in [0.15, 0.2) is 5.58 Å². The lowest BCUT2D eigenvalue weighted by molar-refractivity contribution is 0.220. The molecule has 0 amide bonds. The Morgan fingerprint density at radius 1 is 1.36 bits per heavy atom. The minimum Gasteiger partial charge on any atom is -0.423 e. The molecule has 2 unspecified atom stereocenters. The van der Waals surface area contributed by atoms with Crippen LogP contribution in [0, 0.1) is 0 Å². The number of hydrogen-bond donors (Lipinski definition) is 2. The first-order valence-corrected chi connectivity index (χ1v) is 11.8. The number of sulfonamides is 1. The summed E-state index contributed by atoms with van der Waals surface area (Å²) in [5.41, 5.74) is 1.59. The highest BCUT2D eigenvalue weighted by Gasteiger charge is 2.38. The van der Waals surface area contributed by atoms with E-state index in [9.17, 15) is 8.42 Å². The van der Waals surface area contributed by atoms with Gasteiger partial charge in [-0.2, -0.15) is 4.98 Å². The third-order valence-corrected chi connectivity index (χ3v) is 7.48. The molecule has 2 bridgehead atoms. The zero-order valence-electron chi connectivity index (χ0n) is 15.4. The molecule has 5 heterocycles. The number of oxazole rings is 1. The Morgan fingerprint density at radius 2 is 2.14 bits per heavy atom. The zero-order valence-corrected chi connectivity index (χ0v) is 17.0. The molecule has 0 radical (unpaired) electrons. The van der Waals surface area contributed by atoms with Crippen molar-refractivity contribution in [1.82, 2.24) is 20.0 Å². The van der Waals surface area contributed by atoms with Crippen LogP contribution in [0.25, 0.3) is 21.7 Å². The maximum absolute atomic E-state index is 12.8. The molecule has 0 spiro atoms. The van der Waals surface area contributed by atoms with E-state index in [1.165, 1.54) is 17.8 Å². The van der Waals surface area contributed by atoms with E-state index >= 15 is 0 Å². The monoisotopic (exact) mass is 419 g/mol. The minimum atomic E-state index is -3.67. The summed E-state index contributed by atoms with van der Waals surface area (Å²) in [5, 5.41) is 6.14. The van der Waals surface area contributed by atoms with Gasteiger partial charge in [-0.05, 0) is 25.0 Å². The molecule has 148 valence electrons. The summed E-state index contributed by atoms with van der Waals surface area (Å²) in [4.78, 5) is 11.2. The van der Waals surface area contributed by atoms with Crippen molar-refractivity contribution in [2.45, 2.75) is 36.7 Å². The first-order valence-electron chi connectivity index (χ1n) is 9.39. The molecular weight excluding hydrogens is 398 g/mol. The lowest BCUT2D eigenvalue weighted by Crippen LogP contribution is -2.67. The molecule has 28 heavy (non-hydrogen) atoms. The van der Waals surface area contributed by atoms with Crippen LogP contribution >= 0.6 is 11.3 Å². The van der Waals surface area contributed by atoms with Crippen molar-refractivity contribution in [3.63, 3.8) is 0 Å². The second-order valence-electron chi connectivity index (χ2n) is 7.22. The van der Waals surface area contributed by atoms with Crippen LogP contribution < -0.4 is 14.9 Å². The molecule has 1 aromatic carbocycles. The molecule has 3 fully saturated rings. The number of anilines is 1. The predicted molar refractivity (Wildman–Crippen MR) is 108 cm³/mol. The van der Waals surface area contributed by atoms with Gasteiger partial charge in [-0.1, -0.05) is 6.92 Å². The summed E-state index contributed by atoms with van der Waals surface area (Å²) in [6.45, 7) is 3.93. The highest BCUT2D eigenvalue weighted by molar-refractivity contribution is 7.89. The summed E-state index contributed by atoms with van der Waals surface area (Å²) in [6, 6.07) is 4.72. The van der Waals surface area contributed by atoms with E-state index in [2.05, 4.69) is 24.9 Å². The smallest absolute Gasteiger partial charge is 0.298 e. The molecular formula is C18H21N5O3S2. The molecule has 2 aromatic heterocycles. The van der Waals surface area contributed by atoms with Gasteiger partial charge in [0.25, 0.3) is 6.01 Å². The first-order chi connectivity index (χ1) is 13.5. The third kappa shape index (κ3) is 3.00.